The summed E-state index contributed by atoms with van der Waals surface area (Å²) in [5.74, 6) is -0.00569. The quantitative estimate of drug-likeness (QED) is 0.836. The number of hydrogen-bond acceptors (Lipinski definition) is 1. The highest BCUT2D eigenvalue weighted by molar-refractivity contribution is 9.08. The zero-order valence-corrected chi connectivity index (χ0v) is 10.3. The van der Waals surface area contributed by atoms with E-state index in [1.54, 1.807) is 0 Å². The Hall–Kier alpha value is -1.09. The second-order valence-electron chi connectivity index (χ2n) is 3.22. The number of alkyl halides is 1. The highest BCUT2D eigenvalue weighted by Gasteiger charge is 1.91. The summed E-state index contributed by atoms with van der Waals surface area (Å²) in [6.07, 6.45) is 3.94. The second-order valence-corrected chi connectivity index (χ2v) is 3.78. The van der Waals surface area contributed by atoms with Crippen LogP contribution in [0.5, 0.6) is 0 Å². The van der Waals surface area contributed by atoms with E-state index in [9.17, 15) is 4.79 Å². The molecule has 0 aliphatic carbocycles. The highest BCUT2D eigenvalue weighted by Crippen LogP contribution is 2.09. The molecule has 1 rings (SSSR count). The molecule has 1 N–H and O–H groups in total. The third kappa shape index (κ3) is 4.79. The van der Waals surface area contributed by atoms with Crippen LogP contribution < -0.4 is 5.32 Å². The molecule has 15 heavy (non-hydrogen) atoms. The lowest BCUT2D eigenvalue weighted by Crippen LogP contribution is -2.19. The maximum absolute atomic E-state index is 10.6. The van der Waals surface area contributed by atoms with Gasteiger partial charge in [0.2, 0.25) is 5.91 Å². The minimum absolute atomic E-state index is 0.00569. The molecule has 0 radical (unpaired) electrons. The van der Waals surface area contributed by atoms with E-state index in [1.165, 1.54) is 12.5 Å². The monoisotopic (exact) mass is 267 g/mol. The summed E-state index contributed by atoms with van der Waals surface area (Å²) in [6.45, 7) is 2.09. The first-order valence-electron chi connectivity index (χ1n) is 4.78. The summed E-state index contributed by atoms with van der Waals surface area (Å²) in [4.78, 5) is 10.6. The summed E-state index contributed by atoms with van der Waals surface area (Å²) in [6, 6.07) is 8.24. The Morgan fingerprint density at radius 2 is 2.33 bits per heavy atom. The molecule has 0 bridgehead atoms. The molecule has 0 aliphatic heterocycles. The highest BCUT2D eigenvalue weighted by atomic mass is 79.9. The third-order valence-electron chi connectivity index (χ3n) is 1.88. The minimum Gasteiger partial charge on any atom is -0.353 e. The van der Waals surface area contributed by atoms with Gasteiger partial charge in [-0.2, -0.15) is 0 Å². The van der Waals surface area contributed by atoms with Gasteiger partial charge in [0.25, 0.3) is 0 Å². The van der Waals surface area contributed by atoms with Crippen molar-refractivity contribution in [1.29, 1.82) is 0 Å². The Morgan fingerprint density at radius 1 is 1.53 bits per heavy atom. The fourth-order valence-corrected chi connectivity index (χ4v) is 1.53. The standard InChI is InChI=1S/C12H14BrNO/c1-10(15)14-7-3-6-11-4-2-5-12(8-11)9-13/h2-6,8H,7,9H2,1H3,(H,14,15). The number of amides is 1. The molecular formula is C12H14BrNO. The van der Waals surface area contributed by atoms with Crippen molar-refractivity contribution in [3.63, 3.8) is 0 Å². The van der Waals surface area contributed by atoms with Crippen LogP contribution in [0.15, 0.2) is 30.3 Å². The van der Waals surface area contributed by atoms with E-state index in [4.69, 9.17) is 0 Å². The number of hydrogen-bond donors (Lipinski definition) is 1. The largest absolute Gasteiger partial charge is 0.353 e. The zero-order valence-electron chi connectivity index (χ0n) is 8.66. The van der Waals surface area contributed by atoms with Crippen LogP contribution in [0.1, 0.15) is 18.1 Å². The Kier molecular flexibility index (Phi) is 5.12. The number of nitrogens with one attached hydrogen (secondary N) is 1. The van der Waals surface area contributed by atoms with Gasteiger partial charge in [-0.05, 0) is 11.1 Å². The van der Waals surface area contributed by atoms with Gasteiger partial charge in [0.15, 0.2) is 0 Å². The Labute approximate surface area is 98.5 Å². The van der Waals surface area contributed by atoms with Crippen molar-refractivity contribution < 1.29 is 4.79 Å². The number of halogens is 1. The van der Waals surface area contributed by atoms with E-state index in [0.717, 1.165) is 10.9 Å². The minimum atomic E-state index is -0.00569. The molecule has 3 heteroatoms. The van der Waals surface area contributed by atoms with Gasteiger partial charge < -0.3 is 5.32 Å². The van der Waals surface area contributed by atoms with Gasteiger partial charge in [-0.15, -0.1) is 0 Å². The number of carbonyl (C=O) groups is 1. The van der Waals surface area contributed by atoms with Crippen LogP contribution >= 0.6 is 15.9 Å². The predicted molar refractivity (Wildman–Crippen MR) is 66.8 cm³/mol. The van der Waals surface area contributed by atoms with Crippen LogP contribution in [0.2, 0.25) is 0 Å². The molecule has 1 amide bonds. The maximum atomic E-state index is 10.6. The van der Waals surface area contributed by atoms with Crippen LogP contribution in [-0.4, -0.2) is 12.5 Å². The fraction of sp³-hybridized carbons (Fsp3) is 0.250. The second kappa shape index (κ2) is 6.40. The van der Waals surface area contributed by atoms with Gasteiger partial charge in [0, 0.05) is 18.8 Å². The van der Waals surface area contributed by atoms with E-state index in [1.807, 2.05) is 24.3 Å². The Morgan fingerprint density at radius 3 is 3.00 bits per heavy atom. The molecule has 0 aromatic heterocycles. The van der Waals surface area contributed by atoms with Crippen LogP contribution in [-0.2, 0) is 10.1 Å². The maximum Gasteiger partial charge on any atom is 0.217 e. The lowest BCUT2D eigenvalue weighted by Gasteiger charge is -1.98. The molecule has 1 aromatic carbocycles. The predicted octanol–water partition coefficient (Wildman–Crippen LogP) is 2.73. The van der Waals surface area contributed by atoms with Gasteiger partial charge in [-0.3, -0.25) is 4.79 Å². The molecule has 0 spiro atoms. The molecule has 2 nitrogen and oxygen atoms in total. The van der Waals surface area contributed by atoms with Gasteiger partial charge in [-0.25, -0.2) is 0 Å². The van der Waals surface area contributed by atoms with E-state index >= 15 is 0 Å². The first kappa shape index (κ1) is 12.0. The molecule has 0 saturated heterocycles. The fourth-order valence-electron chi connectivity index (χ4n) is 1.18. The summed E-state index contributed by atoms with van der Waals surface area (Å²) in [5, 5.41) is 3.57. The SMILES string of the molecule is CC(=O)NCC=Cc1cccc(CBr)c1. The number of benzene rings is 1. The van der Waals surface area contributed by atoms with E-state index in [0.29, 0.717) is 6.54 Å². The average Bonchev–Trinajstić information content (AvgIpc) is 2.24. The van der Waals surface area contributed by atoms with Crippen molar-refractivity contribution in [2.75, 3.05) is 6.54 Å². The molecule has 0 fully saturated rings. The normalized spacial score (nSPS) is 10.5. The summed E-state index contributed by atoms with van der Waals surface area (Å²) in [7, 11) is 0. The van der Waals surface area contributed by atoms with Crippen LogP contribution in [0.25, 0.3) is 6.08 Å². The molecule has 0 aliphatic rings. The lowest BCUT2D eigenvalue weighted by atomic mass is 10.1. The molecule has 0 atom stereocenters. The number of rotatable bonds is 4. The van der Waals surface area contributed by atoms with E-state index in [2.05, 4.69) is 33.4 Å². The van der Waals surface area contributed by atoms with Gasteiger partial charge in [0.1, 0.15) is 0 Å². The van der Waals surface area contributed by atoms with Crippen molar-refractivity contribution >= 4 is 27.9 Å². The van der Waals surface area contributed by atoms with Crippen molar-refractivity contribution in [3.05, 3.63) is 41.5 Å². The van der Waals surface area contributed by atoms with E-state index in [-0.39, 0.29) is 5.91 Å². The van der Waals surface area contributed by atoms with Gasteiger partial charge in [-0.1, -0.05) is 52.3 Å². The topological polar surface area (TPSA) is 29.1 Å². The van der Waals surface area contributed by atoms with Crippen LogP contribution in [0.4, 0.5) is 0 Å². The molecular weight excluding hydrogens is 254 g/mol. The third-order valence-corrected chi connectivity index (χ3v) is 2.53. The van der Waals surface area contributed by atoms with Crippen molar-refractivity contribution in [3.8, 4) is 0 Å². The van der Waals surface area contributed by atoms with Crippen molar-refractivity contribution in [2.24, 2.45) is 0 Å². The van der Waals surface area contributed by atoms with Crippen LogP contribution in [0, 0.1) is 0 Å². The van der Waals surface area contributed by atoms with Gasteiger partial charge in [0.05, 0.1) is 0 Å². The first-order valence-corrected chi connectivity index (χ1v) is 5.90. The Balaban J connectivity index is 2.52. The average molecular weight is 268 g/mol. The van der Waals surface area contributed by atoms with Crippen LogP contribution in [0.3, 0.4) is 0 Å². The summed E-state index contributed by atoms with van der Waals surface area (Å²) in [5.41, 5.74) is 2.40. The molecule has 0 unspecified atom stereocenters. The lowest BCUT2D eigenvalue weighted by molar-refractivity contribution is -0.118. The Bertz CT molecular complexity index is 360. The van der Waals surface area contributed by atoms with Gasteiger partial charge >= 0.3 is 0 Å². The summed E-state index contributed by atoms with van der Waals surface area (Å²) >= 11 is 3.41. The molecule has 0 heterocycles. The molecule has 1 aromatic rings. The smallest absolute Gasteiger partial charge is 0.217 e. The van der Waals surface area contributed by atoms with Crippen molar-refractivity contribution in [2.45, 2.75) is 12.3 Å². The molecule has 0 saturated carbocycles. The van der Waals surface area contributed by atoms with Crippen molar-refractivity contribution in [1.82, 2.24) is 5.32 Å². The zero-order chi connectivity index (χ0) is 11.1. The first-order chi connectivity index (χ1) is 7.22. The summed E-state index contributed by atoms with van der Waals surface area (Å²) < 4.78 is 0. The van der Waals surface area contributed by atoms with E-state index < -0.39 is 0 Å². The number of carbonyl (C=O) groups excluding carboxylic acids is 1. The molecule has 80 valence electrons.